The summed E-state index contributed by atoms with van der Waals surface area (Å²) >= 11 is 0. The fourth-order valence-corrected chi connectivity index (χ4v) is 1.61. The molecule has 1 aromatic rings. The van der Waals surface area contributed by atoms with E-state index < -0.39 is 5.60 Å². The average molecular weight is 280 g/mol. The van der Waals surface area contributed by atoms with Crippen molar-refractivity contribution < 1.29 is 14.3 Å². The number of carbonyl (C=O) groups is 1. The molecule has 0 fully saturated rings. The molecule has 0 aliphatic rings. The van der Waals surface area contributed by atoms with Crippen LogP contribution in [0, 0.1) is 6.92 Å². The molecule has 0 saturated heterocycles. The predicted octanol–water partition coefficient (Wildman–Crippen LogP) is 2.93. The maximum Gasteiger partial charge on any atom is 0.256 e. The molecule has 1 rings (SSSR count). The summed E-state index contributed by atoms with van der Waals surface area (Å²) in [7, 11) is 1.54. The Hall–Kier alpha value is -1.62. The van der Waals surface area contributed by atoms with E-state index in [1.54, 1.807) is 19.1 Å². The van der Waals surface area contributed by atoms with Gasteiger partial charge >= 0.3 is 0 Å². The SMILES string of the molecule is CCCOc1ccc(NC(=O)[C@](C)(CC)OC)c(C)n1. The van der Waals surface area contributed by atoms with Crippen LogP contribution in [0.1, 0.15) is 39.3 Å². The van der Waals surface area contributed by atoms with Crippen LogP contribution in [0.5, 0.6) is 5.88 Å². The van der Waals surface area contributed by atoms with E-state index in [2.05, 4.69) is 10.3 Å². The fourth-order valence-electron chi connectivity index (χ4n) is 1.61. The Labute approximate surface area is 120 Å². The van der Waals surface area contributed by atoms with E-state index in [1.165, 1.54) is 7.11 Å². The van der Waals surface area contributed by atoms with Gasteiger partial charge in [0, 0.05) is 13.2 Å². The van der Waals surface area contributed by atoms with Crippen LogP contribution in [0.25, 0.3) is 0 Å². The number of rotatable bonds is 7. The van der Waals surface area contributed by atoms with Crippen LogP contribution in [0.3, 0.4) is 0 Å². The van der Waals surface area contributed by atoms with Crippen molar-refractivity contribution in [2.75, 3.05) is 19.0 Å². The van der Waals surface area contributed by atoms with Gasteiger partial charge in [-0.2, -0.15) is 0 Å². The Kier molecular flexibility index (Phi) is 5.95. The molecule has 0 aliphatic heterocycles. The summed E-state index contributed by atoms with van der Waals surface area (Å²) in [6.45, 7) is 8.19. The Morgan fingerprint density at radius 1 is 1.40 bits per heavy atom. The van der Waals surface area contributed by atoms with E-state index in [4.69, 9.17) is 9.47 Å². The molecule has 5 heteroatoms. The van der Waals surface area contributed by atoms with E-state index >= 15 is 0 Å². The quantitative estimate of drug-likeness (QED) is 0.834. The molecule has 20 heavy (non-hydrogen) atoms. The molecule has 0 radical (unpaired) electrons. The summed E-state index contributed by atoms with van der Waals surface area (Å²) in [6.07, 6.45) is 1.53. The van der Waals surface area contributed by atoms with Gasteiger partial charge in [0.05, 0.1) is 18.0 Å². The molecule has 1 amide bonds. The highest BCUT2D eigenvalue weighted by atomic mass is 16.5. The number of hydrogen-bond acceptors (Lipinski definition) is 4. The first kappa shape index (κ1) is 16.4. The summed E-state index contributed by atoms with van der Waals surface area (Å²) in [5.74, 6) is 0.405. The zero-order chi connectivity index (χ0) is 15.2. The van der Waals surface area contributed by atoms with Gasteiger partial charge in [-0.05, 0) is 32.8 Å². The second-order valence-corrected chi connectivity index (χ2v) is 4.87. The monoisotopic (exact) mass is 280 g/mol. The Morgan fingerprint density at radius 2 is 2.10 bits per heavy atom. The van der Waals surface area contributed by atoms with Crippen molar-refractivity contribution in [1.29, 1.82) is 0 Å². The van der Waals surface area contributed by atoms with Gasteiger partial charge in [0.15, 0.2) is 0 Å². The number of hydrogen-bond donors (Lipinski definition) is 1. The van der Waals surface area contributed by atoms with Crippen molar-refractivity contribution in [1.82, 2.24) is 4.98 Å². The molecular formula is C15H24N2O3. The van der Waals surface area contributed by atoms with Crippen LogP contribution in [0.4, 0.5) is 5.69 Å². The minimum Gasteiger partial charge on any atom is -0.478 e. The summed E-state index contributed by atoms with van der Waals surface area (Å²) in [5, 5.41) is 2.85. The molecule has 1 heterocycles. The Bertz CT molecular complexity index is 456. The maximum absolute atomic E-state index is 12.2. The van der Waals surface area contributed by atoms with Crippen molar-refractivity contribution >= 4 is 11.6 Å². The smallest absolute Gasteiger partial charge is 0.256 e. The highest BCUT2D eigenvalue weighted by Gasteiger charge is 2.31. The topological polar surface area (TPSA) is 60.5 Å². The number of nitrogens with zero attached hydrogens (tertiary/aromatic N) is 1. The van der Waals surface area contributed by atoms with Crippen molar-refractivity contribution in [2.45, 2.75) is 46.1 Å². The Morgan fingerprint density at radius 3 is 2.60 bits per heavy atom. The second-order valence-electron chi connectivity index (χ2n) is 4.87. The first-order chi connectivity index (χ1) is 9.46. The van der Waals surface area contributed by atoms with Crippen LogP contribution in [0.2, 0.25) is 0 Å². The molecular weight excluding hydrogens is 256 g/mol. The number of nitrogens with one attached hydrogen (secondary N) is 1. The number of ether oxygens (including phenoxy) is 2. The lowest BCUT2D eigenvalue weighted by Gasteiger charge is -2.25. The van der Waals surface area contributed by atoms with Crippen molar-refractivity contribution in [3.05, 3.63) is 17.8 Å². The van der Waals surface area contributed by atoms with Gasteiger partial charge < -0.3 is 14.8 Å². The van der Waals surface area contributed by atoms with Crippen LogP contribution in [-0.2, 0) is 9.53 Å². The number of amides is 1. The van der Waals surface area contributed by atoms with Crippen LogP contribution >= 0.6 is 0 Å². The van der Waals surface area contributed by atoms with Gasteiger partial charge in [-0.1, -0.05) is 13.8 Å². The third kappa shape index (κ3) is 3.93. The van der Waals surface area contributed by atoms with Crippen LogP contribution < -0.4 is 10.1 Å². The predicted molar refractivity (Wildman–Crippen MR) is 79.1 cm³/mol. The molecule has 0 saturated carbocycles. The van der Waals surface area contributed by atoms with E-state index in [0.717, 1.165) is 12.1 Å². The first-order valence-corrected chi connectivity index (χ1v) is 6.93. The molecule has 1 atom stereocenters. The molecule has 5 nitrogen and oxygen atoms in total. The van der Waals surface area contributed by atoms with Gasteiger partial charge in [0.25, 0.3) is 5.91 Å². The van der Waals surface area contributed by atoms with E-state index in [0.29, 0.717) is 24.6 Å². The van der Waals surface area contributed by atoms with E-state index in [1.807, 2.05) is 20.8 Å². The second kappa shape index (κ2) is 7.24. The zero-order valence-electron chi connectivity index (χ0n) is 12.9. The average Bonchev–Trinajstić information content (AvgIpc) is 2.46. The lowest BCUT2D eigenvalue weighted by molar-refractivity contribution is -0.136. The molecule has 112 valence electrons. The minimum atomic E-state index is -0.830. The molecule has 0 spiro atoms. The summed E-state index contributed by atoms with van der Waals surface area (Å²) in [6, 6.07) is 3.56. The summed E-state index contributed by atoms with van der Waals surface area (Å²) in [5.41, 5.74) is 0.571. The number of methoxy groups -OCH3 is 1. The van der Waals surface area contributed by atoms with Crippen LogP contribution in [0.15, 0.2) is 12.1 Å². The lowest BCUT2D eigenvalue weighted by Crippen LogP contribution is -2.41. The first-order valence-electron chi connectivity index (χ1n) is 6.93. The van der Waals surface area contributed by atoms with Crippen molar-refractivity contribution in [3.63, 3.8) is 0 Å². The van der Waals surface area contributed by atoms with Gasteiger partial charge in [0.2, 0.25) is 5.88 Å². The molecule has 0 bridgehead atoms. The van der Waals surface area contributed by atoms with Crippen molar-refractivity contribution in [2.24, 2.45) is 0 Å². The summed E-state index contributed by atoms with van der Waals surface area (Å²) < 4.78 is 10.7. The number of aryl methyl sites for hydroxylation is 1. The van der Waals surface area contributed by atoms with E-state index in [9.17, 15) is 4.79 Å². The number of pyridine rings is 1. The molecule has 1 N–H and O–H groups in total. The highest BCUT2D eigenvalue weighted by Crippen LogP contribution is 2.21. The maximum atomic E-state index is 12.2. The molecule has 0 aliphatic carbocycles. The van der Waals surface area contributed by atoms with Gasteiger partial charge in [-0.3, -0.25) is 4.79 Å². The third-order valence-electron chi connectivity index (χ3n) is 3.37. The molecule has 0 unspecified atom stereocenters. The lowest BCUT2D eigenvalue weighted by atomic mass is 10.0. The van der Waals surface area contributed by atoms with Gasteiger partial charge in [-0.25, -0.2) is 4.98 Å². The van der Waals surface area contributed by atoms with Crippen molar-refractivity contribution in [3.8, 4) is 5.88 Å². The standard InChI is InChI=1S/C15H24N2O3/c1-6-10-20-13-9-8-12(11(3)16-13)17-14(18)15(4,7-2)19-5/h8-9H,6-7,10H2,1-5H3,(H,17,18)/t15-/m0/s1. The number of carbonyl (C=O) groups excluding carboxylic acids is 1. The molecule has 0 aromatic carbocycles. The van der Waals surface area contributed by atoms with Crippen LogP contribution in [-0.4, -0.2) is 30.2 Å². The highest BCUT2D eigenvalue weighted by molar-refractivity contribution is 5.97. The van der Waals surface area contributed by atoms with Gasteiger partial charge in [-0.15, -0.1) is 0 Å². The van der Waals surface area contributed by atoms with Gasteiger partial charge in [0.1, 0.15) is 5.60 Å². The number of anilines is 1. The van der Waals surface area contributed by atoms with E-state index in [-0.39, 0.29) is 5.91 Å². The number of aromatic nitrogens is 1. The summed E-state index contributed by atoms with van der Waals surface area (Å²) in [4.78, 5) is 16.5. The third-order valence-corrected chi connectivity index (χ3v) is 3.37. The molecule has 1 aromatic heterocycles. The largest absolute Gasteiger partial charge is 0.478 e. The fraction of sp³-hybridized carbons (Fsp3) is 0.600. The Balaban J connectivity index is 2.80. The minimum absolute atomic E-state index is 0.172. The normalized spacial score (nSPS) is 13.7. The zero-order valence-corrected chi connectivity index (χ0v) is 12.9.